The highest BCUT2D eigenvalue weighted by atomic mass is 16.5. The molecular weight excluding hydrogens is 248 g/mol. The Bertz CT molecular complexity index is 672. The van der Waals surface area contributed by atoms with E-state index in [1.165, 1.54) is 21.6 Å². The highest BCUT2D eigenvalue weighted by molar-refractivity contribution is 5.95. The fourth-order valence-electron chi connectivity index (χ4n) is 1.62. The lowest BCUT2D eigenvalue weighted by Gasteiger charge is -2.07. The highest BCUT2D eigenvalue weighted by Gasteiger charge is 2.13. The number of carbonyl (C=O) groups is 1. The first kappa shape index (κ1) is 12.9. The van der Waals surface area contributed by atoms with E-state index in [0.717, 1.165) is 0 Å². The average molecular weight is 262 g/mol. The molecule has 1 aromatic carbocycles. The van der Waals surface area contributed by atoms with E-state index in [9.17, 15) is 9.59 Å². The van der Waals surface area contributed by atoms with Crippen LogP contribution in [-0.4, -0.2) is 26.9 Å². The van der Waals surface area contributed by atoms with Crippen LogP contribution in [0.3, 0.4) is 0 Å². The Morgan fingerprint density at radius 3 is 2.79 bits per heavy atom. The van der Waals surface area contributed by atoms with Crippen molar-refractivity contribution in [1.82, 2.24) is 14.3 Å². The van der Waals surface area contributed by atoms with Crippen molar-refractivity contribution in [2.75, 3.05) is 12.3 Å². The maximum absolute atomic E-state index is 11.8. The summed E-state index contributed by atoms with van der Waals surface area (Å²) < 4.78 is 7.42. The molecule has 0 bridgehead atoms. The third-order valence-electron chi connectivity index (χ3n) is 2.60. The summed E-state index contributed by atoms with van der Waals surface area (Å²) in [7, 11) is 1.59. The third kappa shape index (κ3) is 2.35. The number of rotatable bonds is 3. The summed E-state index contributed by atoms with van der Waals surface area (Å²) in [5, 5.41) is 3.94. The zero-order valence-corrected chi connectivity index (χ0v) is 10.7. The lowest BCUT2D eigenvalue weighted by Crippen LogP contribution is -2.22. The second-order valence-corrected chi connectivity index (χ2v) is 3.93. The Morgan fingerprint density at radius 2 is 2.21 bits per heavy atom. The van der Waals surface area contributed by atoms with Crippen LogP contribution in [0.2, 0.25) is 0 Å². The molecule has 7 nitrogen and oxygen atoms in total. The van der Waals surface area contributed by atoms with Crippen molar-refractivity contribution >= 4 is 11.7 Å². The topological polar surface area (TPSA) is 92.1 Å². The van der Waals surface area contributed by atoms with Crippen molar-refractivity contribution in [2.45, 2.75) is 6.92 Å². The lowest BCUT2D eigenvalue weighted by molar-refractivity contribution is 0.0527. The van der Waals surface area contributed by atoms with Crippen LogP contribution >= 0.6 is 0 Å². The second-order valence-electron chi connectivity index (χ2n) is 3.93. The van der Waals surface area contributed by atoms with E-state index in [1.54, 1.807) is 26.1 Å². The van der Waals surface area contributed by atoms with Crippen LogP contribution in [0.4, 0.5) is 5.69 Å². The van der Waals surface area contributed by atoms with Crippen molar-refractivity contribution in [2.24, 2.45) is 7.05 Å². The number of nitrogen functional groups attached to an aromatic ring is 1. The molecule has 0 fully saturated rings. The molecule has 2 N–H and O–H groups in total. The fraction of sp³-hybridized carbons (Fsp3) is 0.250. The van der Waals surface area contributed by atoms with E-state index < -0.39 is 5.97 Å². The average Bonchev–Trinajstić information content (AvgIpc) is 2.71. The molecule has 0 radical (unpaired) electrons. The number of hydrogen-bond acceptors (Lipinski definition) is 5. The minimum absolute atomic E-state index is 0.219. The molecule has 0 spiro atoms. The lowest BCUT2D eigenvalue weighted by atomic mass is 10.1. The summed E-state index contributed by atoms with van der Waals surface area (Å²) in [4.78, 5) is 23.5. The molecule has 2 rings (SSSR count). The first-order valence-electron chi connectivity index (χ1n) is 5.72. The highest BCUT2D eigenvalue weighted by Crippen LogP contribution is 2.17. The molecule has 2 aromatic rings. The summed E-state index contributed by atoms with van der Waals surface area (Å²) in [6, 6.07) is 4.65. The molecule has 100 valence electrons. The second kappa shape index (κ2) is 4.97. The van der Waals surface area contributed by atoms with Gasteiger partial charge in [-0.3, -0.25) is 4.57 Å². The standard InChI is InChI=1S/C12H14N4O3/c1-3-19-11(17)9-6-8(4-5-10(9)13)16-12(18)15(2)7-14-16/h4-7H,3,13H2,1-2H3. The quantitative estimate of drug-likeness (QED) is 0.635. The molecule has 0 amide bonds. The number of aryl methyl sites for hydroxylation is 1. The van der Waals surface area contributed by atoms with Gasteiger partial charge in [-0.1, -0.05) is 0 Å². The van der Waals surface area contributed by atoms with Crippen LogP contribution in [0, 0.1) is 0 Å². The summed E-state index contributed by atoms with van der Waals surface area (Å²) in [5.41, 5.74) is 6.40. The largest absolute Gasteiger partial charge is 0.462 e. The number of hydrogen-bond donors (Lipinski definition) is 1. The van der Waals surface area contributed by atoms with E-state index >= 15 is 0 Å². The number of ether oxygens (including phenoxy) is 1. The number of carbonyl (C=O) groups excluding carboxylic acids is 1. The van der Waals surface area contributed by atoms with Gasteiger partial charge in [0.15, 0.2) is 0 Å². The van der Waals surface area contributed by atoms with E-state index in [4.69, 9.17) is 10.5 Å². The van der Waals surface area contributed by atoms with Crippen molar-refractivity contribution in [3.63, 3.8) is 0 Å². The number of aromatic nitrogens is 3. The van der Waals surface area contributed by atoms with Crippen LogP contribution in [-0.2, 0) is 11.8 Å². The minimum atomic E-state index is -0.522. The molecule has 0 aliphatic heterocycles. The van der Waals surface area contributed by atoms with Gasteiger partial charge in [0, 0.05) is 12.7 Å². The molecule has 1 aromatic heterocycles. The summed E-state index contributed by atoms with van der Waals surface area (Å²) in [5.74, 6) is -0.522. The normalized spacial score (nSPS) is 10.4. The van der Waals surface area contributed by atoms with Gasteiger partial charge in [0.2, 0.25) is 0 Å². The summed E-state index contributed by atoms with van der Waals surface area (Å²) >= 11 is 0. The number of esters is 1. The van der Waals surface area contributed by atoms with Crippen molar-refractivity contribution in [1.29, 1.82) is 0 Å². The molecule has 19 heavy (non-hydrogen) atoms. The van der Waals surface area contributed by atoms with E-state index in [2.05, 4.69) is 5.10 Å². The maximum Gasteiger partial charge on any atom is 0.350 e. The van der Waals surface area contributed by atoms with Crippen LogP contribution in [0.15, 0.2) is 29.3 Å². The predicted octanol–water partition coefficient (Wildman–Crippen LogP) is 0.330. The molecule has 1 heterocycles. The molecule has 0 aliphatic rings. The van der Waals surface area contributed by atoms with Gasteiger partial charge >= 0.3 is 11.7 Å². The van der Waals surface area contributed by atoms with Crippen molar-refractivity contribution in [3.05, 3.63) is 40.6 Å². The summed E-state index contributed by atoms with van der Waals surface area (Å²) in [6.07, 6.45) is 1.39. The smallest absolute Gasteiger partial charge is 0.350 e. The molecule has 0 saturated carbocycles. The fourth-order valence-corrected chi connectivity index (χ4v) is 1.62. The van der Waals surface area contributed by atoms with Gasteiger partial charge in [-0.15, -0.1) is 0 Å². The molecule has 0 atom stereocenters. The maximum atomic E-state index is 11.8. The molecular formula is C12H14N4O3. The molecule has 0 aliphatic carbocycles. The Morgan fingerprint density at radius 1 is 1.47 bits per heavy atom. The number of nitrogens with zero attached hydrogens (tertiary/aromatic N) is 3. The Kier molecular flexibility index (Phi) is 3.37. The van der Waals surface area contributed by atoms with Gasteiger partial charge in [-0.05, 0) is 25.1 Å². The van der Waals surface area contributed by atoms with Crippen molar-refractivity contribution in [3.8, 4) is 5.69 Å². The molecule has 0 unspecified atom stereocenters. The van der Waals surface area contributed by atoms with Gasteiger partial charge in [-0.25, -0.2) is 9.59 Å². The van der Waals surface area contributed by atoms with Crippen molar-refractivity contribution < 1.29 is 9.53 Å². The minimum Gasteiger partial charge on any atom is -0.462 e. The zero-order valence-electron chi connectivity index (χ0n) is 10.7. The monoisotopic (exact) mass is 262 g/mol. The van der Waals surface area contributed by atoms with Gasteiger partial charge in [0.25, 0.3) is 0 Å². The number of benzene rings is 1. The molecule has 7 heteroatoms. The SMILES string of the molecule is CCOC(=O)c1cc(-n2ncn(C)c2=O)ccc1N. The van der Waals surface area contributed by atoms with Crippen LogP contribution in [0.5, 0.6) is 0 Å². The van der Waals surface area contributed by atoms with Crippen LogP contribution < -0.4 is 11.4 Å². The number of anilines is 1. The van der Waals surface area contributed by atoms with Gasteiger partial charge < -0.3 is 10.5 Å². The number of nitrogens with two attached hydrogens (primary N) is 1. The Hall–Kier alpha value is -2.57. The van der Waals surface area contributed by atoms with E-state index in [1.807, 2.05) is 0 Å². The Labute approximate surface area is 109 Å². The van der Waals surface area contributed by atoms with E-state index in [-0.39, 0.29) is 17.9 Å². The van der Waals surface area contributed by atoms with Gasteiger partial charge in [0.05, 0.1) is 17.9 Å². The Balaban J connectivity index is 2.50. The predicted molar refractivity (Wildman–Crippen MR) is 69.2 cm³/mol. The summed E-state index contributed by atoms with van der Waals surface area (Å²) in [6.45, 7) is 1.97. The van der Waals surface area contributed by atoms with Gasteiger partial charge in [-0.2, -0.15) is 9.78 Å². The first-order valence-corrected chi connectivity index (χ1v) is 5.72. The first-order chi connectivity index (χ1) is 9.04. The van der Waals surface area contributed by atoms with Gasteiger partial charge in [0.1, 0.15) is 6.33 Å². The van der Waals surface area contributed by atoms with Crippen LogP contribution in [0.25, 0.3) is 5.69 Å². The molecule has 0 saturated heterocycles. The zero-order chi connectivity index (χ0) is 14.0. The van der Waals surface area contributed by atoms with Crippen LogP contribution in [0.1, 0.15) is 17.3 Å². The van der Waals surface area contributed by atoms with E-state index in [0.29, 0.717) is 11.4 Å². The third-order valence-corrected chi connectivity index (χ3v) is 2.60.